The number of ether oxygens (including phenoxy) is 1. The normalized spacial score (nSPS) is 16.7. The first kappa shape index (κ1) is 24.8. The summed E-state index contributed by atoms with van der Waals surface area (Å²) in [6.07, 6.45) is 3.00. The van der Waals surface area contributed by atoms with Gasteiger partial charge in [0, 0.05) is 19.3 Å². The van der Waals surface area contributed by atoms with Crippen LogP contribution in [0.25, 0.3) is 10.2 Å². The molecule has 34 heavy (non-hydrogen) atoms. The van der Waals surface area contributed by atoms with Gasteiger partial charge in [-0.3, -0.25) is 9.69 Å². The summed E-state index contributed by atoms with van der Waals surface area (Å²) < 4.78 is 55.3. The molecular formula is C23H26N2O6S3. The SMILES string of the molecule is CS(=O)(=O)c1ccc2nc(N(CC3CCCO3)C(=O)CCCS(=O)(=O)c3ccccc3)sc2c1. The topological polar surface area (TPSA) is 111 Å². The molecule has 0 saturated carbocycles. The van der Waals surface area contributed by atoms with Crippen LogP contribution in [0, 0.1) is 0 Å². The van der Waals surface area contributed by atoms with Gasteiger partial charge in [-0.15, -0.1) is 0 Å². The first-order valence-electron chi connectivity index (χ1n) is 10.9. The Bertz CT molecular complexity index is 1380. The molecule has 11 heteroatoms. The third-order valence-corrected chi connectivity index (χ3v) is 9.59. The smallest absolute Gasteiger partial charge is 0.228 e. The molecular weight excluding hydrogens is 496 g/mol. The fourth-order valence-electron chi connectivity index (χ4n) is 3.81. The molecule has 0 aliphatic carbocycles. The van der Waals surface area contributed by atoms with Crippen LogP contribution in [0.2, 0.25) is 0 Å². The van der Waals surface area contributed by atoms with E-state index in [2.05, 4.69) is 4.98 Å². The van der Waals surface area contributed by atoms with Crippen LogP contribution in [0.4, 0.5) is 5.13 Å². The van der Waals surface area contributed by atoms with Crippen molar-refractivity contribution in [2.45, 2.75) is 41.6 Å². The second-order valence-electron chi connectivity index (χ2n) is 8.27. The Balaban J connectivity index is 1.53. The average Bonchev–Trinajstić information content (AvgIpc) is 3.46. The van der Waals surface area contributed by atoms with E-state index in [9.17, 15) is 21.6 Å². The van der Waals surface area contributed by atoms with Crippen molar-refractivity contribution in [1.82, 2.24) is 4.98 Å². The lowest BCUT2D eigenvalue weighted by atomic mass is 10.2. The molecule has 8 nitrogen and oxygen atoms in total. The Labute approximate surface area is 203 Å². The lowest BCUT2D eigenvalue weighted by molar-refractivity contribution is -0.119. The van der Waals surface area contributed by atoms with Gasteiger partial charge >= 0.3 is 0 Å². The second kappa shape index (κ2) is 10.1. The van der Waals surface area contributed by atoms with Gasteiger partial charge in [-0.2, -0.15) is 0 Å². The number of carbonyl (C=O) groups is 1. The highest BCUT2D eigenvalue weighted by Gasteiger charge is 2.27. The molecule has 1 fully saturated rings. The van der Waals surface area contributed by atoms with E-state index in [1.165, 1.54) is 17.4 Å². The number of aromatic nitrogens is 1. The summed E-state index contributed by atoms with van der Waals surface area (Å²) in [7, 11) is -6.84. The van der Waals surface area contributed by atoms with Gasteiger partial charge in [-0.05, 0) is 49.6 Å². The van der Waals surface area contributed by atoms with Crippen LogP contribution < -0.4 is 4.90 Å². The number of rotatable bonds is 9. The maximum absolute atomic E-state index is 13.2. The summed E-state index contributed by atoms with van der Waals surface area (Å²) in [4.78, 5) is 19.7. The van der Waals surface area contributed by atoms with Crippen LogP contribution in [0.5, 0.6) is 0 Å². The van der Waals surface area contributed by atoms with Crippen molar-refractivity contribution in [2.24, 2.45) is 0 Å². The van der Waals surface area contributed by atoms with E-state index in [-0.39, 0.29) is 40.4 Å². The van der Waals surface area contributed by atoms with Crippen LogP contribution in [0.1, 0.15) is 25.7 Å². The van der Waals surface area contributed by atoms with E-state index >= 15 is 0 Å². The van der Waals surface area contributed by atoms with Crippen LogP contribution in [-0.4, -0.2) is 59.0 Å². The maximum Gasteiger partial charge on any atom is 0.228 e. The minimum absolute atomic E-state index is 0.0449. The average molecular weight is 523 g/mol. The number of benzene rings is 2. The molecule has 1 aliphatic rings. The van der Waals surface area contributed by atoms with Crippen molar-refractivity contribution in [3.05, 3.63) is 48.5 Å². The Morgan fingerprint density at radius 2 is 1.88 bits per heavy atom. The first-order chi connectivity index (χ1) is 16.1. The summed E-state index contributed by atoms with van der Waals surface area (Å²) >= 11 is 1.24. The van der Waals surface area contributed by atoms with E-state index in [0.717, 1.165) is 19.1 Å². The van der Waals surface area contributed by atoms with Crippen molar-refractivity contribution in [3.63, 3.8) is 0 Å². The van der Waals surface area contributed by atoms with Gasteiger partial charge in [-0.1, -0.05) is 29.5 Å². The molecule has 2 heterocycles. The van der Waals surface area contributed by atoms with Gasteiger partial charge in [0.2, 0.25) is 5.91 Å². The van der Waals surface area contributed by atoms with E-state index in [0.29, 0.717) is 28.5 Å². The third kappa shape index (κ3) is 5.83. The van der Waals surface area contributed by atoms with Crippen molar-refractivity contribution in [1.29, 1.82) is 0 Å². The van der Waals surface area contributed by atoms with Gasteiger partial charge in [0.1, 0.15) is 0 Å². The highest BCUT2D eigenvalue weighted by molar-refractivity contribution is 7.91. The molecule has 182 valence electrons. The molecule has 0 spiro atoms. The van der Waals surface area contributed by atoms with Crippen molar-refractivity contribution in [3.8, 4) is 0 Å². The summed E-state index contributed by atoms with van der Waals surface area (Å²) in [5.41, 5.74) is 0.601. The Morgan fingerprint density at radius 1 is 1.12 bits per heavy atom. The monoisotopic (exact) mass is 522 g/mol. The number of hydrogen-bond acceptors (Lipinski definition) is 8. The molecule has 1 aliphatic heterocycles. The number of sulfone groups is 2. The lowest BCUT2D eigenvalue weighted by Crippen LogP contribution is -2.37. The lowest BCUT2D eigenvalue weighted by Gasteiger charge is -2.23. The molecule has 2 aromatic carbocycles. The van der Waals surface area contributed by atoms with Crippen molar-refractivity contribution >= 4 is 52.3 Å². The maximum atomic E-state index is 13.2. The Kier molecular flexibility index (Phi) is 7.36. The van der Waals surface area contributed by atoms with Crippen LogP contribution >= 0.6 is 11.3 Å². The first-order valence-corrected chi connectivity index (χ1v) is 15.3. The van der Waals surface area contributed by atoms with Crippen LogP contribution in [-0.2, 0) is 29.2 Å². The molecule has 1 atom stereocenters. The molecule has 4 rings (SSSR count). The quantitative estimate of drug-likeness (QED) is 0.423. The standard InChI is InChI=1S/C23H26N2O6S3/c1-33(27,28)19-11-12-20-21(15-19)32-23(24-20)25(16-17-7-5-13-31-17)22(26)10-6-14-34(29,30)18-8-3-2-4-9-18/h2-4,8-9,11-12,15,17H,5-7,10,13-14,16H2,1H3. The van der Waals surface area contributed by atoms with E-state index < -0.39 is 19.7 Å². The zero-order valence-corrected chi connectivity index (χ0v) is 21.2. The van der Waals surface area contributed by atoms with Crippen molar-refractivity contribution in [2.75, 3.05) is 30.1 Å². The number of anilines is 1. The minimum atomic E-state index is -3.47. The second-order valence-corrected chi connectivity index (χ2v) is 13.4. The molecule has 0 radical (unpaired) electrons. The largest absolute Gasteiger partial charge is 0.376 e. The highest BCUT2D eigenvalue weighted by atomic mass is 32.2. The predicted octanol–water partition coefficient (Wildman–Crippen LogP) is 3.47. The number of thiazole rings is 1. The summed E-state index contributed by atoms with van der Waals surface area (Å²) in [5.74, 6) is -0.366. The van der Waals surface area contributed by atoms with Gasteiger partial charge < -0.3 is 4.74 Å². The van der Waals surface area contributed by atoms with Crippen LogP contribution in [0.15, 0.2) is 58.3 Å². The Hall–Kier alpha value is -2.34. The zero-order chi connectivity index (χ0) is 24.3. The fourth-order valence-corrected chi connectivity index (χ4v) is 6.90. The van der Waals surface area contributed by atoms with Crippen LogP contribution in [0.3, 0.4) is 0 Å². The summed E-state index contributed by atoms with van der Waals surface area (Å²) in [6, 6.07) is 12.9. The number of hydrogen-bond donors (Lipinski definition) is 0. The number of carbonyl (C=O) groups excluding carboxylic acids is 1. The zero-order valence-electron chi connectivity index (χ0n) is 18.7. The minimum Gasteiger partial charge on any atom is -0.376 e. The number of nitrogens with zero attached hydrogens (tertiary/aromatic N) is 2. The predicted molar refractivity (Wildman–Crippen MR) is 132 cm³/mol. The number of amides is 1. The molecule has 1 amide bonds. The summed E-state index contributed by atoms with van der Waals surface area (Å²) in [6.45, 7) is 0.961. The molecule has 3 aromatic rings. The van der Waals surface area contributed by atoms with Gasteiger partial charge in [0.15, 0.2) is 24.8 Å². The van der Waals surface area contributed by atoms with E-state index in [4.69, 9.17) is 4.74 Å². The Morgan fingerprint density at radius 3 is 2.56 bits per heavy atom. The highest BCUT2D eigenvalue weighted by Crippen LogP contribution is 2.32. The number of fused-ring (bicyclic) bond motifs is 1. The molecule has 1 unspecified atom stereocenters. The molecule has 1 saturated heterocycles. The van der Waals surface area contributed by atoms with Crippen molar-refractivity contribution < 1.29 is 26.4 Å². The van der Waals surface area contributed by atoms with Gasteiger partial charge in [0.05, 0.1) is 38.4 Å². The summed E-state index contributed by atoms with van der Waals surface area (Å²) in [5, 5.41) is 0.451. The van der Waals surface area contributed by atoms with E-state index in [1.54, 1.807) is 47.4 Å². The molecule has 1 aromatic heterocycles. The fraction of sp³-hybridized carbons (Fsp3) is 0.391. The molecule has 0 bridgehead atoms. The van der Waals surface area contributed by atoms with Gasteiger partial charge in [0.25, 0.3) is 0 Å². The third-order valence-electron chi connectivity index (χ3n) is 5.62. The molecule has 0 N–H and O–H groups in total. The van der Waals surface area contributed by atoms with Gasteiger partial charge in [-0.25, -0.2) is 21.8 Å². The van der Waals surface area contributed by atoms with E-state index in [1.807, 2.05) is 0 Å².